The highest BCUT2D eigenvalue weighted by atomic mass is 16.6. The summed E-state index contributed by atoms with van der Waals surface area (Å²) in [5, 5.41) is 15.0. The van der Waals surface area contributed by atoms with Crippen molar-refractivity contribution in [3.05, 3.63) is 35.4 Å². The van der Waals surface area contributed by atoms with Crippen LogP contribution in [0.3, 0.4) is 0 Å². The van der Waals surface area contributed by atoms with E-state index in [0.717, 1.165) is 23.3 Å². The van der Waals surface area contributed by atoms with Crippen molar-refractivity contribution in [1.82, 2.24) is 15.5 Å². The van der Waals surface area contributed by atoms with E-state index < -0.39 is 48.0 Å². The Morgan fingerprint density at radius 1 is 1.17 bits per heavy atom. The van der Waals surface area contributed by atoms with Crippen LogP contribution in [0.15, 0.2) is 24.3 Å². The Balaban J connectivity index is 3.45. The van der Waals surface area contributed by atoms with E-state index in [9.17, 15) is 24.4 Å². The molecule has 0 aliphatic heterocycles. The third kappa shape index (κ3) is 10.3. The molecule has 10 heteroatoms. The van der Waals surface area contributed by atoms with E-state index in [1.54, 1.807) is 39.0 Å². The summed E-state index contributed by atoms with van der Waals surface area (Å²) < 4.78 is 5.27. The van der Waals surface area contributed by atoms with E-state index in [-0.39, 0.29) is 18.9 Å². The van der Waals surface area contributed by atoms with Gasteiger partial charge in [0.15, 0.2) is 0 Å². The maximum absolute atomic E-state index is 13.7. The van der Waals surface area contributed by atoms with Gasteiger partial charge in [-0.3, -0.25) is 14.4 Å². The van der Waals surface area contributed by atoms with E-state index in [1.807, 2.05) is 32.9 Å². The molecule has 1 aromatic rings. The summed E-state index contributed by atoms with van der Waals surface area (Å²) in [5.41, 5.74) is 5.84. The molecule has 3 unspecified atom stereocenters. The molecule has 0 heterocycles. The largest absolute Gasteiger partial charge is 0.444 e. The number of aryl methyl sites for hydroxylation is 1. The first kappa shape index (κ1) is 30.4. The first-order valence-corrected chi connectivity index (χ1v) is 12.1. The van der Waals surface area contributed by atoms with Gasteiger partial charge in [-0.2, -0.15) is 5.26 Å². The lowest BCUT2D eigenvalue weighted by molar-refractivity contribution is -0.142. The summed E-state index contributed by atoms with van der Waals surface area (Å²) >= 11 is 0. The molecule has 0 aliphatic carbocycles. The minimum absolute atomic E-state index is 0.121. The fourth-order valence-electron chi connectivity index (χ4n) is 3.71. The van der Waals surface area contributed by atoms with Crippen molar-refractivity contribution >= 4 is 23.8 Å². The summed E-state index contributed by atoms with van der Waals surface area (Å²) in [5.74, 6) is -1.81. The van der Waals surface area contributed by atoms with Crippen LogP contribution >= 0.6 is 0 Å². The molecule has 0 aromatic heterocycles. The van der Waals surface area contributed by atoms with Gasteiger partial charge in [0, 0.05) is 12.5 Å². The highest BCUT2D eigenvalue weighted by Crippen LogP contribution is 2.24. The Hall–Kier alpha value is -3.61. The Labute approximate surface area is 213 Å². The number of carbonyl (C=O) groups is 4. The smallest absolute Gasteiger partial charge is 0.408 e. The van der Waals surface area contributed by atoms with E-state index in [4.69, 9.17) is 10.5 Å². The molecule has 0 radical (unpaired) electrons. The number of ether oxygens (including phenoxy) is 1. The van der Waals surface area contributed by atoms with E-state index in [1.165, 1.54) is 0 Å². The van der Waals surface area contributed by atoms with Crippen LogP contribution in [0, 0.1) is 18.3 Å². The molecule has 10 nitrogen and oxygen atoms in total. The number of hydrogen-bond acceptors (Lipinski definition) is 6. The topological polar surface area (TPSA) is 155 Å². The summed E-state index contributed by atoms with van der Waals surface area (Å²) in [7, 11) is 0. The zero-order valence-electron chi connectivity index (χ0n) is 22.1. The van der Waals surface area contributed by atoms with Crippen molar-refractivity contribution in [2.75, 3.05) is 6.54 Å². The van der Waals surface area contributed by atoms with Crippen LogP contribution in [0.2, 0.25) is 0 Å². The van der Waals surface area contributed by atoms with Gasteiger partial charge in [0.1, 0.15) is 24.2 Å². The number of primary amides is 1. The fourth-order valence-corrected chi connectivity index (χ4v) is 3.71. The number of hydrogen-bond donors (Lipinski definition) is 3. The van der Waals surface area contributed by atoms with Crippen LogP contribution in [0.1, 0.15) is 77.5 Å². The third-order valence-corrected chi connectivity index (χ3v) is 5.22. The SMILES string of the molecule is CCCC(C)NC(=O)C(c1cccc(C)c1)N(CC#N)C(=O)C(CCC(N)=O)NC(=O)OC(C)(C)C. The number of nitrogens with zero attached hydrogens (tertiary/aromatic N) is 2. The monoisotopic (exact) mass is 501 g/mol. The van der Waals surface area contributed by atoms with Crippen LogP contribution < -0.4 is 16.4 Å². The average molecular weight is 502 g/mol. The number of nitriles is 1. The Morgan fingerprint density at radius 2 is 1.83 bits per heavy atom. The van der Waals surface area contributed by atoms with Gasteiger partial charge in [-0.1, -0.05) is 43.2 Å². The van der Waals surface area contributed by atoms with Crippen LogP contribution in [-0.4, -0.2) is 52.9 Å². The van der Waals surface area contributed by atoms with Gasteiger partial charge >= 0.3 is 6.09 Å². The lowest BCUT2D eigenvalue weighted by atomic mass is 9.99. The number of alkyl carbamates (subject to hydrolysis) is 1. The zero-order valence-corrected chi connectivity index (χ0v) is 22.1. The molecule has 0 aliphatic rings. The molecule has 0 bridgehead atoms. The molecule has 198 valence electrons. The van der Waals surface area contributed by atoms with Gasteiger partial charge in [-0.05, 0) is 53.0 Å². The van der Waals surface area contributed by atoms with Crippen LogP contribution in [-0.2, 0) is 19.1 Å². The summed E-state index contributed by atoms with van der Waals surface area (Å²) in [6.45, 7) is 10.3. The molecule has 0 fully saturated rings. The number of rotatable bonds is 12. The Kier molecular flexibility index (Phi) is 11.9. The quantitative estimate of drug-likeness (QED) is 0.374. The van der Waals surface area contributed by atoms with Gasteiger partial charge in [-0.15, -0.1) is 0 Å². The lowest BCUT2D eigenvalue weighted by Crippen LogP contribution is -2.54. The third-order valence-electron chi connectivity index (χ3n) is 5.22. The molecule has 36 heavy (non-hydrogen) atoms. The molecule has 3 atom stereocenters. The average Bonchev–Trinajstić information content (AvgIpc) is 2.74. The van der Waals surface area contributed by atoms with Crippen molar-refractivity contribution in [3.8, 4) is 6.07 Å². The van der Waals surface area contributed by atoms with E-state index >= 15 is 0 Å². The second kappa shape index (κ2) is 14.1. The van der Waals surface area contributed by atoms with Gasteiger partial charge in [0.25, 0.3) is 0 Å². The minimum Gasteiger partial charge on any atom is -0.444 e. The highest BCUT2D eigenvalue weighted by molar-refractivity contribution is 5.92. The normalized spacial score (nSPS) is 13.5. The Morgan fingerprint density at radius 3 is 2.36 bits per heavy atom. The molecule has 4 N–H and O–H groups in total. The minimum atomic E-state index is -1.24. The molecular formula is C26H39N5O5. The predicted molar refractivity (Wildman–Crippen MR) is 135 cm³/mol. The first-order valence-electron chi connectivity index (χ1n) is 12.1. The van der Waals surface area contributed by atoms with Crippen molar-refractivity contribution in [1.29, 1.82) is 5.26 Å². The van der Waals surface area contributed by atoms with Crippen molar-refractivity contribution < 1.29 is 23.9 Å². The molecule has 0 saturated carbocycles. The van der Waals surface area contributed by atoms with Crippen LogP contribution in [0.25, 0.3) is 0 Å². The summed E-state index contributed by atoms with van der Waals surface area (Å²) in [4.78, 5) is 52.2. The number of nitrogens with two attached hydrogens (primary N) is 1. The van der Waals surface area contributed by atoms with Crippen molar-refractivity contribution in [2.45, 2.75) is 91.0 Å². The first-order chi connectivity index (χ1) is 16.8. The summed E-state index contributed by atoms with van der Waals surface area (Å²) in [6.07, 6.45) is 0.410. The standard InChI is InChI=1S/C26H39N5O5/c1-7-9-18(3)29-23(33)22(19-11-8-10-17(2)16-19)31(15-14-27)24(34)20(12-13-21(28)32)30-25(35)36-26(4,5)6/h8,10-11,16,18,20,22H,7,9,12-13,15H2,1-6H3,(H2,28,32)(H,29,33)(H,30,35). The lowest BCUT2D eigenvalue weighted by Gasteiger charge is -2.33. The molecule has 1 rings (SSSR count). The number of carbonyl (C=O) groups excluding carboxylic acids is 4. The number of amides is 4. The fraction of sp³-hybridized carbons (Fsp3) is 0.577. The van der Waals surface area contributed by atoms with E-state index in [0.29, 0.717) is 5.56 Å². The van der Waals surface area contributed by atoms with Gasteiger partial charge in [0.2, 0.25) is 17.7 Å². The molecule has 0 saturated heterocycles. The highest BCUT2D eigenvalue weighted by Gasteiger charge is 2.36. The molecular weight excluding hydrogens is 462 g/mol. The van der Waals surface area contributed by atoms with Gasteiger partial charge in [-0.25, -0.2) is 4.79 Å². The van der Waals surface area contributed by atoms with Gasteiger partial charge in [0.05, 0.1) is 6.07 Å². The molecule has 4 amide bonds. The number of nitrogens with one attached hydrogen (secondary N) is 2. The maximum atomic E-state index is 13.7. The summed E-state index contributed by atoms with van der Waals surface area (Å²) in [6, 6.07) is 6.52. The van der Waals surface area contributed by atoms with Crippen molar-refractivity contribution in [2.24, 2.45) is 5.73 Å². The van der Waals surface area contributed by atoms with Crippen LogP contribution in [0.5, 0.6) is 0 Å². The zero-order chi connectivity index (χ0) is 27.5. The van der Waals surface area contributed by atoms with E-state index in [2.05, 4.69) is 10.6 Å². The predicted octanol–water partition coefficient (Wildman–Crippen LogP) is 2.85. The molecule has 1 aromatic carbocycles. The second-order valence-electron chi connectivity index (χ2n) is 9.84. The van der Waals surface area contributed by atoms with Crippen molar-refractivity contribution in [3.63, 3.8) is 0 Å². The Bertz CT molecular complexity index is 966. The second-order valence-corrected chi connectivity index (χ2v) is 9.84. The molecule has 0 spiro atoms. The van der Waals surface area contributed by atoms with Gasteiger partial charge < -0.3 is 26.0 Å². The number of benzene rings is 1. The maximum Gasteiger partial charge on any atom is 0.408 e. The van der Waals surface area contributed by atoms with Crippen LogP contribution in [0.4, 0.5) is 4.79 Å².